The van der Waals surface area contributed by atoms with Crippen molar-refractivity contribution in [2.24, 2.45) is 11.8 Å². The molecule has 0 aromatic heterocycles. The molecule has 1 unspecified atom stereocenters. The first-order valence-corrected chi connectivity index (χ1v) is 17.6. The van der Waals surface area contributed by atoms with Gasteiger partial charge >= 0.3 is 0 Å². The number of carbonyl (C=O) groups excluding carboxylic acids is 2. The van der Waals surface area contributed by atoms with Crippen molar-refractivity contribution >= 4 is 33.2 Å². The summed E-state index contributed by atoms with van der Waals surface area (Å²) in [5, 5.41) is 6.66. The molecule has 1 saturated carbocycles. The van der Waals surface area contributed by atoms with Crippen molar-refractivity contribution in [3.8, 4) is 0 Å². The molecule has 3 aromatic carbocycles. The molecule has 0 aliphatic heterocycles. The molecular weight excluding hydrogens is 584 g/mol. The fourth-order valence-electron chi connectivity index (χ4n) is 5.95. The average Bonchev–Trinajstić information content (AvgIpc) is 3.03. The number of aryl methyl sites for hydroxylation is 1. The lowest BCUT2D eigenvalue weighted by molar-refractivity contribution is -0.120. The van der Waals surface area contributed by atoms with Crippen LogP contribution >= 0.6 is 0 Å². The first-order valence-electron chi connectivity index (χ1n) is 16.1. The molecule has 0 radical (unpaired) electrons. The van der Waals surface area contributed by atoms with E-state index in [1.807, 2.05) is 36.4 Å². The van der Waals surface area contributed by atoms with Crippen molar-refractivity contribution in [1.29, 1.82) is 0 Å². The van der Waals surface area contributed by atoms with E-state index >= 15 is 0 Å². The molecule has 3 aromatic rings. The number of carbonyl (C=O) groups is 2. The third kappa shape index (κ3) is 9.82. The van der Waals surface area contributed by atoms with Crippen molar-refractivity contribution in [2.45, 2.75) is 83.2 Å². The van der Waals surface area contributed by atoms with E-state index in [0.29, 0.717) is 23.6 Å². The molecule has 0 spiro atoms. The largest absolute Gasteiger partial charge is 0.379 e. The van der Waals surface area contributed by atoms with Crippen molar-refractivity contribution in [2.75, 3.05) is 23.8 Å². The van der Waals surface area contributed by atoms with Crippen LogP contribution in [0.15, 0.2) is 77.7 Å². The summed E-state index contributed by atoms with van der Waals surface area (Å²) in [6.07, 6.45) is 5.85. The summed E-state index contributed by atoms with van der Waals surface area (Å²) in [6.45, 7) is 7.60. The van der Waals surface area contributed by atoms with Crippen molar-refractivity contribution in [1.82, 2.24) is 10.0 Å². The quantitative estimate of drug-likeness (QED) is 0.183. The molecular formula is C36H48N4O4S. The second kappa shape index (κ2) is 15.9. The lowest BCUT2D eigenvalue weighted by Crippen LogP contribution is -2.45. The van der Waals surface area contributed by atoms with Crippen molar-refractivity contribution in [3.63, 3.8) is 0 Å². The average molecular weight is 633 g/mol. The van der Waals surface area contributed by atoms with E-state index in [-0.39, 0.29) is 23.1 Å². The normalized spacial score (nSPS) is 14.5. The maximum absolute atomic E-state index is 13.8. The number of sulfonamides is 1. The Morgan fingerprint density at radius 2 is 1.62 bits per heavy atom. The summed E-state index contributed by atoms with van der Waals surface area (Å²) in [4.78, 5) is 29.2. The fourth-order valence-corrected chi connectivity index (χ4v) is 7.19. The molecule has 0 bridgehead atoms. The lowest BCUT2D eigenvalue weighted by atomic mass is 9.82. The van der Waals surface area contributed by atoms with Crippen LogP contribution in [0.3, 0.4) is 0 Å². The molecule has 1 fully saturated rings. The lowest BCUT2D eigenvalue weighted by Gasteiger charge is -2.31. The number of nitrogens with one attached hydrogen (secondary N) is 3. The van der Waals surface area contributed by atoms with Gasteiger partial charge in [0.1, 0.15) is 0 Å². The Morgan fingerprint density at radius 3 is 2.31 bits per heavy atom. The molecule has 1 aliphatic rings. The van der Waals surface area contributed by atoms with Gasteiger partial charge < -0.3 is 15.5 Å². The Hall–Kier alpha value is -3.85. The second-order valence-electron chi connectivity index (χ2n) is 12.7. The van der Waals surface area contributed by atoms with E-state index in [9.17, 15) is 18.0 Å². The van der Waals surface area contributed by atoms with Crippen LogP contribution in [-0.4, -0.2) is 39.9 Å². The van der Waals surface area contributed by atoms with Crippen molar-refractivity contribution < 1.29 is 18.0 Å². The molecule has 4 rings (SSSR count). The fraction of sp³-hybridized carbons (Fsp3) is 0.444. The Bertz CT molecular complexity index is 1540. The highest BCUT2D eigenvalue weighted by atomic mass is 32.2. The minimum Gasteiger partial charge on any atom is -0.379 e. The first-order chi connectivity index (χ1) is 21.5. The summed E-state index contributed by atoms with van der Waals surface area (Å²) in [5.74, 6) is -0.244. The van der Waals surface area contributed by atoms with Gasteiger partial charge in [-0.15, -0.1) is 0 Å². The van der Waals surface area contributed by atoms with E-state index in [4.69, 9.17) is 0 Å². The van der Waals surface area contributed by atoms with Crippen LogP contribution in [-0.2, 0) is 21.4 Å². The topological polar surface area (TPSA) is 108 Å². The molecule has 3 N–H and O–H groups in total. The van der Waals surface area contributed by atoms with Gasteiger partial charge in [-0.05, 0) is 73.4 Å². The Morgan fingerprint density at radius 1 is 0.933 bits per heavy atom. The van der Waals surface area contributed by atoms with Crippen molar-refractivity contribution in [3.05, 3.63) is 89.5 Å². The predicted molar refractivity (Wildman–Crippen MR) is 182 cm³/mol. The van der Waals surface area contributed by atoms with Crippen LogP contribution in [0.4, 0.5) is 11.4 Å². The van der Waals surface area contributed by atoms with Gasteiger partial charge in [-0.2, -0.15) is 0 Å². The third-order valence-electron chi connectivity index (χ3n) is 8.61. The van der Waals surface area contributed by atoms with Crippen LogP contribution in [0, 0.1) is 18.8 Å². The zero-order valence-electron chi connectivity index (χ0n) is 27.0. The summed E-state index contributed by atoms with van der Waals surface area (Å²) in [7, 11) is -1.97. The molecule has 9 heteroatoms. The van der Waals surface area contributed by atoms with Gasteiger partial charge in [0.15, 0.2) is 0 Å². The minimum absolute atomic E-state index is 0.0746. The number of nitrogens with zero attached hydrogens (tertiary/aromatic N) is 1. The summed E-state index contributed by atoms with van der Waals surface area (Å²) >= 11 is 0. The zero-order valence-corrected chi connectivity index (χ0v) is 27.8. The van der Waals surface area contributed by atoms with Gasteiger partial charge in [0.05, 0.1) is 16.3 Å². The molecule has 2 amide bonds. The maximum Gasteiger partial charge on any atom is 0.264 e. The Balaban J connectivity index is 1.53. The standard InChI is InChI=1S/C36H48N4O4S/c1-26(2)21-22-40(4)33-20-19-30(23-32(33)37-25-28-14-7-5-8-15-28)36(42)38-31(29-16-9-6-10-17-29)24-35(41)39-45(43,44)34-18-12-11-13-27(34)3/h5,7-8,11-15,18-20,23,26,29,31,37H,6,9-10,16-17,21-22,24-25H2,1-4H3,(H,38,42)(H,39,41). The molecule has 0 heterocycles. The first kappa shape index (κ1) is 34.0. The third-order valence-corrected chi connectivity index (χ3v) is 10.1. The van der Waals surface area contributed by atoms with Crippen LogP contribution in [0.2, 0.25) is 0 Å². The molecule has 1 aliphatic carbocycles. The minimum atomic E-state index is -4.03. The van der Waals surface area contributed by atoms with E-state index in [1.165, 1.54) is 6.07 Å². The van der Waals surface area contributed by atoms with Gasteiger partial charge in [0.25, 0.3) is 15.9 Å². The highest BCUT2D eigenvalue weighted by Gasteiger charge is 2.30. The van der Waals surface area contributed by atoms with Gasteiger partial charge in [0.2, 0.25) is 5.91 Å². The second-order valence-corrected chi connectivity index (χ2v) is 14.3. The number of anilines is 2. The number of rotatable bonds is 14. The van der Waals surface area contributed by atoms with Crippen LogP contribution in [0.5, 0.6) is 0 Å². The monoisotopic (exact) mass is 632 g/mol. The molecule has 0 saturated heterocycles. The summed E-state index contributed by atoms with van der Waals surface area (Å²) in [5.41, 5.74) is 4.04. The number of amides is 2. The van der Waals surface area contributed by atoms with Gasteiger partial charge in [-0.3, -0.25) is 9.59 Å². The highest BCUT2D eigenvalue weighted by Crippen LogP contribution is 2.30. The van der Waals surface area contributed by atoms with Gasteiger partial charge in [-0.25, -0.2) is 13.1 Å². The van der Waals surface area contributed by atoms with E-state index in [2.05, 4.69) is 53.3 Å². The molecule has 8 nitrogen and oxygen atoms in total. The maximum atomic E-state index is 13.8. The molecule has 242 valence electrons. The van der Waals surface area contributed by atoms with Crippen LogP contribution in [0.25, 0.3) is 0 Å². The van der Waals surface area contributed by atoms with Gasteiger partial charge in [-0.1, -0.05) is 81.6 Å². The Kier molecular flexibility index (Phi) is 12.0. The smallest absolute Gasteiger partial charge is 0.264 e. The van der Waals surface area contributed by atoms with Crippen LogP contribution in [0.1, 0.15) is 80.3 Å². The molecule has 45 heavy (non-hydrogen) atoms. The number of benzene rings is 3. The van der Waals surface area contributed by atoms with Crippen LogP contribution < -0.4 is 20.3 Å². The molecule has 1 atom stereocenters. The number of hydrogen-bond acceptors (Lipinski definition) is 6. The van der Waals surface area contributed by atoms with E-state index in [0.717, 1.165) is 62.0 Å². The number of hydrogen-bond donors (Lipinski definition) is 3. The predicted octanol–water partition coefficient (Wildman–Crippen LogP) is 6.66. The SMILES string of the molecule is Cc1ccccc1S(=O)(=O)NC(=O)CC(NC(=O)c1ccc(N(C)CCC(C)C)c(NCc2ccccc2)c1)C1CCCCC1. The van der Waals surface area contributed by atoms with E-state index < -0.39 is 22.0 Å². The van der Waals surface area contributed by atoms with E-state index in [1.54, 1.807) is 25.1 Å². The highest BCUT2D eigenvalue weighted by molar-refractivity contribution is 7.90. The summed E-state index contributed by atoms with van der Waals surface area (Å²) in [6, 6.07) is 21.9. The zero-order chi connectivity index (χ0) is 32.4. The summed E-state index contributed by atoms with van der Waals surface area (Å²) < 4.78 is 28.3. The Labute approximate surface area is 269 Å². The van der Waals surface area contributed by atoms with Gasteiger partial charge in [0, 0.05) is 38.2 Å².